The number of pyridine rings is 1. The van der Waals surface area contributed by atoms with E-state index in [0.29, 0.717) is 11.5 Å². The Morgan fingerprint density at radius 1 is 1.00 bits per heavy atom. The van der Waals surface area contributed by atoms with Crippen LogP contribution < -0.4 is 5.32 Å². The summed E-state index contributed by atoms with van der Waals surface area (Å²) in [5.74, 6) is 0.123. The van der Waals surface area contributed by atoms with Gasteiger partial charge < -0.3 is 5.32 Å². The van der Waals surface area contributed by atoms with Crippen LogP contribution >= 0.6 is 11.8 Å². The molecule has 0 bridgehead atoms. The number of rotatable bonds is 6. The highest BCUT2D eigenvalue weighted by atomic mass is 32.2. The van der Waals surface area contributed by atoms with Crippen LogP contribution in [0.1, 0.15) is 10.8 Å². The molecule has 0 aliphatic heterocycles. The number of nitrogens with one attached hydrogen (secondary N) is 1. The van der Waals surface area contributed by atoms with Gasteiger partial charge in [0, 0.05) is 25.0 Å². The lowest BCUT2D eigenvalue weighted by molar-refractivity contribution is -0.115. The van der Waals surface area contributed by atoms with E-state index >= 15 is 0 Å². The predicted octanol–water partition coefficient (Wildman–Crippen LogP) is 5.33. The summed E-state index contributed by atoms with van der Waals surface area (Å²) in [6.07, 6.45) is 5.29. The first-order valence-electron chi connectivity index (χ1n) is 9.70. The summed E-state index contributed by atoms with van der Waals surface area (Å²) in [4.78, 5) is 17.3. The number of anilines is 1. The van der Waals surface area contributed by atoms with Gasteiger partial charge in [0.25, 0.3) is 0 Å². The zero-order chi connectivity index (χ0) is 21.8. The molecule has 4 rings (SSSR count). The van der Waals surface area contributed by atoms with E-state index in [2.05, 4.69) is 15.4 Å². The third kappa shape index (κ3) is 4.36. The lowest BCUT2D eigenvalue weighted by Crippen LogP contribution is -2.20. The topological polar surface area (TPSA) is 59.8 Å². The second kappa shape index (κ2) is 9.14. The second-order valence-electron chi connectivity index (χ2n) is 6.95. The molecule has 2 heterocycles. The van der Waals surface area contributed by atoms with Crippen LogP contribution in [0, 0.1) is 5.82 Å². The highest BCUT2D eigenvalue weighted by molar-refractivity contribution is 7.99. The first-order chi connectivity index (χ1) is 15.1. The van der Waals surface area contributed by atoms with Gasteiger partial charge in [-0.3, -0.25) is 14.5 Å². The van der Waals surface area contributed by atoms with Gasteiger partial charge in [0.15, 0.2) is 0 Å². The summed E-state index contributed by atoms with van der Waals surface area (Å²) in [7, 11) is 1.78. The lowest BCUT2D eigenvalue weighted by atomic mass is 10.0. The van der Waals surface area contributed by atoms with Crippen molar-refractivity contribution in [2.75, 3.05) is 11.6 Å². The number of carbonyl (C=O) groups is 1. The minimum absolute atomic E-state index is 0.136. The molecule has 156 valence electrons. The molecule has 0 radical (unpaired) electrons. The third-order valence-corrected chi connectivity index (χ3v) is 5.91. The number of aromatic nitrogens is 3. The molecular formula is C24H21FN4OS. The molecule has 0 saturated heterocycles. The maximum absolute atomic E-state index is 13.5. The van der Waals surface area contributed by atoms with Crippen molar-refractivity contribution in [3.8, 4) is 22.4 Å². The van der Waals surface area contributed by atoms with Crippen LogP contribution in [0.4, 0.5) is 10.2 Å². The standard InChI is InChI=1S/C24H21FN4OS/c1-29-23(27-24(30)22(31-2)18-6-4-3-5-7-18)20(16-12-14-26-15-13-16)21(28-29)17-8-10-19(25)11-9-17/h3-15,22H,1-2H3,(H,27,30). The number of thioether (sulfide) groups is 1. The predicted molar refractivity (Wildman–Crippen MR) is 123 cm³/mol. The van der Waals surface area contributed by atoms with Gasteiger partial charge in [-0.25, -0.2) is 4.39 Å². The molecule has 0 spiro atoms. The number of hydrogen-bond acceptors (Lipinski definition) is 4. The first kappa shape index (κ1) is 20.8. The average Bonchev–Trinajstić information content (AvgIpc) is 3.12. The molecule has 2 aromatic heterocycles. The monoisotopic (exact) mass is 432 g/mol. The summed E-state index contributed by atoms with van der Waals surface area (Å²) >= 11 is 1.47. The van der Waals surface area contributed by atoms with Crippen LogP contribution in [-0.4, -0.2) is 26.9 Å². The summed E-state index contributed by atoms with van der Waals surface area (Å²) in [6.45, 7) is 0. The van der Waals surface area contributed by atoms with E-state index < -0.39 is 0 Å². The van der Waals surface area contributed by atoms with Gasteiger partial charge in [0.2, 0.25) is 5.91 Å². The van der Waals surface area contributed by atoms with E-state index in [1.54, 1.807) is 36.3 Å². The van der Waals surface area contributed by atoms with Crippen molar-refractivity contribution in [1.29, 1.82) is 0 Å². The van der Waals surface area contributed by atoms with Crippen LogP contribution in [0.5, 0.6) is 0 Å². The maximum Gasteiger partial charge on any atom is 0.243 e. The number of amides is 1. The molecule has 4 aromatic rings. The molecule has 1 amide bonds. The quantitative estimate of drug-likeness (QED) is 0.447. The number of benzene rings is 2. The number of halogens is 1. The summed E-state index contributed by atoms with van der Waals surface area (Å²) in [5, 5.41) is 7.36. The molecular weight excluding hydrogens is 411 g/mol. The second-order valence-corrected chi connectivity index (χ2v) is 7.90. The van der Waals surface area contributed by atoms with Gasteiger partial charge in [0.1, 0.15) is 22.6 Å². The van der Waals surface area contributed by atoms with E-state index in [-0.39, 0.29) is 17.0 Å². The highest BCUT2D eigenvalue weighted by Gasteiger charge is 2.25. The average molecular weight is 433 g/mol. The molecule has 0 fully saturated rings. The van der Waals surface area contributed by atoms with Gasteiger partial charge in [-0.15, -0.1) is 11.8 Å². The zero-order valence-electron chi connectivity index (χ0n) is 17.1. The number of nitrogens with zero attached hydrogens (tertiary/aromatic N) is 3. The van der Waals surface area contributed by atoms with Crippen LogP contribution in [0.2, 0.25) is 0 Å². The summed E-state index contributed by atoms with van der Waals surface area (Å²) in [5.41, 5.74) is 3.97. The SMILES string of the molecule is CSC(C(=O)Nc1c(-c2ccncc2)c(-c2ccc(F)cc2)nn1C)c1ccccc1. The van der Waals surface area contributed by atoms with Crippen LogP contribution in [-0.2, 0) is 11.8 Å². The Morgan fingerprint density at radius 3 is 2.32 bits per heavy atom. The Balaban J connectivity index is 1.79. The van der Waals surface area contributed by atoms with Gasteiger partial charge in [0.05, 0.1) is 5.56 Å². The molecule has 2 aromatic carbocycles. The maximum atomic E-state index is 13.5. The van der Waals surface area contributed by atoms with E-state index in [9.17, 15) is 9.18 Å². The Morgan fingerprint density at radius 2 is 1.68 bits per heavy atom. The van der Waals surface area contributed by atoms with Crippen molar-refractivity contribution in [1.82, 2.24) is 14.8 Å². The smallest absolute Gasteiger partial charge is 0.243 e. The molecule has 0 saturated carbocycles. The van der Waals surface area contributed by atoms with Crippen LogP contribution in [0.3, 0.4) is 0 Å². The third-order valence-electron chi connectivity index (χ3n) is 4.95. The Labute approximate surface area is 184 Å². The molecule has 31 heavy (non-hydrogen) atoms. The molecule has 0 aliphatic carbocycles. The Bertz CT molecular complexity index is 1180. The minimum atomic E-state index is -0.365. The molecule has 1 atom stereocenters. The fourth-order valence-electron chi connectivity index (χ4n) is 3.47. The number of aryl methyl sites for hydroxylation is 1. The highest BCUT2D eigenvalue weighted by Crippen LogP contribution is 2.38. The van der Waals surface area contributed by atoms with E-state index in [1.807, 2.05) is 48.7 Å². The van der Waals surface area contributed by atoms with Crippen molar-refractivity contribution in [3.05, 3.63) is 90.5 Å². The van der Waals surface area contributed by atoms with Crippen molar-refractivity contribution in [2.24, 2.45) is 7.05 Å². The first-order valence-corrected chi connectivity index (χ1v) is 11.0. The van der Waals surface area contributed by atoms with Gasteiger partial charge in [-0.2, -0.15) is 5.10 Å². The van der Waals surface area contributed by atoms with Crippen molar-refractivity contribution in [3.63, 3.8) is 0 Å². The fraction of sp³-hybridized carbons (Fsp3) is 0.125. The minimum Gasteiger partial charge on any atom is -0.309 e. The molecule has 5 nitrogen and oxygen atoms in total. The fourth-order valence-corrected chi connectivity index (χ4v) is 4.18. The molecule has 1 N–H and O–H groups in total. The number of hydrogen-bond donors (Lipinski definition) is 1. The Hall–Kier alpha value is -3.45. The molecule has 0 aliphatic rings. The van der Waals surface area contributed by atoms with Crippen molar-refractivity contribution in [2.45, 2.75) is 5.25 Å². The summed E-state index contributed by atoms with van der Waals surface area (Å²) in [6, 6.07) is 19.5. The van der Waals surface area contributed by atoms with Crippen molar-refractivity contribution < 1.29 is 9.18 Å². The Kier molecular flexibility index (Phi) is 6.13. The summed E-state index contributed by atoms with van der Waals surface area (Å²) < 4.78 is 15.1. The van der Waals surface area contributed by atoms with E-state index in [0.717, 1.165) is 22.3 Å². The van der Waals surface area contributed by atoms with Gasteiger partial charge >= 0.3 is 0 Å². The zero-order valence-corrected chi connectivity index (χ0v) is 17.9. The van der Waals surface area contributed by atoms with E-state index in [1.165, 1.54) is 23.9 Å². The van der Waals surface area contributed by atoms with Crippen LogP contribution in [0.15, 0.2) is 79.1 Å². The number of carbonyl (C=O) groups excluding carboxylic acids is 1. The largest absolute Gasteiger partial charge is 0.309 e. The van der Waals surface area contributed by atoms with Crippen LogP contribution in [0.25, 0.3) is 22.4 Å². The lowest BCUT2D eigenvalue weighted by Gasteiger charge is -2.16. The van der Waals surface area contributed by atoms with Gasteiger partial charge in [-0.05, 0) is 53.8 Å². The van der Waals surface area contributed by atoms with Crippen molar-refractivity contribution >= 4 is 23.5 Å². The molecule has 1 unspecified atom stereocenters. The molecule has 7 heteroatoms. The normalized spacial score (nSPS) is 11.8. The van der Waals surface area contributed by atoms with Gasteiger partial charge in [-0.1, -0.05) is 30.3 Å². The van der Waals surface area contributed by atoms with E-state index in [4.69, 9.17) is 0 Å².